The normalized spacial score (nSPS) is 13.8. The maximum absolute atomic E-state index is 13.0. The van der Waals surface area contributed by atoms with Crippen molar-refractivity contribution in [1.29, 1.82) is 0 Å². The van der Waals surface area contributed by atoms with Crippen LogP contribution < -0.4 is 9.64 Å². The molecule has 35 heavy (non-hydrogen) atoms. The highest BCUT2D eigenvalue weighted by molar-refractivity contribution is 7.99. The fourth-order valence-corrected chi connectivity index (χ4v) is 5.51. The average molecular weight is 515 g/mol. The van der Waals surface area contributed by atoms with E-state index in [-0.39, 0.29) is 17.6 Å². The molecule has 0 unspecified atom stereocenters. The number of rotatable bonds is 9. The van der Waals surface area contributed by atoms with E-state index < -0.39 is 0 Å². The minimum atomic E-state index is -0.308. The molecule has 0 radical (unpaired) electrons. The van der Waals surface area contributed by atoms with Gasteiger partial charge in [0.15, 0.2) is 5.16 Å². The Kier molecular flexibility index (Phi) is 8.46. The number of piperazine rings is 1. The van der Waals surface area contributed by atoms with Crippen molar-refractivity contribution in [3.8, 4) is 5.75 Å². The molecule has 3 aromatic rings. The average Bonchev–Trinajstić information content (AvgIpc) is 3.33. The molecule has 1 fully saturated rings. The lowest BCUT2D eigenvalue weighted by atomic mass is 10.1. The number of thiophene rings is 1. The van der Waals surface area contributed by atoms with Crippen LogP contribution in [-0.4, -0.2) is 72.4 Å². The van der Waals surface area contributed by atoms with Gasteiger partial charge in [0.1, 0.15) is 16.4 Å². The Bertz CT molecular complexity index is 1170. The number of hydrogen-bond donors (Lipinski definition) is 0. The summed E-state index contributed by atoms with van der Waals surface area (Å²) in [5.41, 5.74) is 0.665. The fraction of sp³-hybridized carbons (Fsp3) is 0.440. The maximum Gasteiger partial charge on any atom is 0.316 e. The second-order valence-corrected chi connectivity index (χ2v) is 10.2. The third kappa shape index (κ3) is 6.05. The van der Waals surface area contributed by atoms with Gasteiger partial charge in [-0.1, -0.05) is 25.6 Å². The van der Waals surface area contributed by atoms with Crippen LogP contribution in [0, 0.1) is 0 Å². The first-order valence-corrected chi connectivity index (χ1v) is 13.6. The van der Waals surface area contributed by atoms with Crippen molar-refractivity contribution in [3.05, 3.63) is 40.8 Å². The van der Waals surface area contributed by atoms with Gasteiger partial charge in [0, 0.05) is 36.6 Å². The highest BCUT2D eigenvalue weighted by Gasteiger charge is 2.25. The zero-order valence-electron chi connectivity index (χ0n) is 20.3. The molecular formula is C25H30N4O4S2. The van der Waals surface area contributed by atoms with Crippen LogP contribution in [0.2, 0.25) is 0 Å². The number of carbonyl (C=O) groups excluding carboxylic acids is 2. The van der Waals surface area contributed by atoms with Crippen molar-refractivity contribution in [2.45, 2.75) is 31.8 Å². The van der Waals surface area contributed by atoms with Crippen LogP contribution in [0.4, 0.5) is 5.82 Å². The van der Waals surface area contributed by atoms with Gasteiger partial charge in [0.05, 0.1) is 24.9 Å². The van der Waals surface area contributed by atoms with Gasteiger partial charge in [0.2, 0.25) is 0 Å². The van der Waals surface area contributed by atoms with Crippen molar-refractivity contribution in [2.24, 2.45) is 0 Å². The number of thioether (sulfide) groups is 1. The molecule has 0 saturated carbocycles. The Morgan fingerprint density at radius 2 is 1.83 bits per heavy atom. The van der Waals surface area contributed by atoms with Gasteiger partial charge < -0.3 is 19.3 Å². The van der Waals surface area contributed by atoms with Gasteiger partial charge in [-0.25, -0.2) is 9.97 Å². The van der Waals surface area contributed by atoms with E-state index in [1.165, 1.54) is 23.7 Å². The number of anilines is 1. The van der Waals surface area contributed by atoms with Gasteiger partial charge in [-0.2, -0.15) is 0 Å². The second-order valence-electron chi connectivity index (χ2n) is 8.13. The van der Waals surface area contributed by atoms with E-state index in [9.17, 15) is 9.59 Å². The number of benzene rings is 1. The maximum atomic E-state index is 13.0. The molecule has 4 rings (SSSR count). The van der Waals surface area contributed by atoms with Crippen LogP contribution in [0.5, 0.6) is 5.75 Å². The van der Waals surface area contributed by atoms with Gasteiger partial charge in [-0.3, -0.25) is 9.59 Å². The zero-order chi connectivity index (χ0) is 24.8. The molecular weight excluding hydrogens is 484 g/mol. The van der Waals surface area contributed by atoms with E-state index >= 15 is 0 Å². The molecule has 0 N–H and O–H groups in total. The highest BCUT2D eigenvalue weighted by atomic mass is 32.2. The van der Waals surface area contributed by atoms with Crippen LogP contribution in [0.3, 0.4) is 0 Å². The number of hydrogen-bond acceptors (Lipinski definition) is 9. The smallest absolute Gasteiger partial charge is 0.316 e. The van der Waals surface area contributed by atoms with Crippen LogP contribution in [-0.2, 0) is 16.0 Å². The molecule has 8 nitrogen and oxygen atoms in total. The zero-order valence-corrected chi connectivity index (χ0v) is 21.9. The lowest BCUT2D eigenvalue weighted by Gasteiger charge is -2.35. The SMILES string of the molecule is CCCOc1ccc(C(=O)N2CCN(c3nc(SCC(=O)OC)nc4sc(CC)cc34)CC2)cc1. The van der Waals surface area contributed by atoms with Crippen molar-refractivity contribution < 1.29 is 19.1 Å². The molecule has 1 amide bonds. The van der Waals surface area contributed by atoms with Crippen LogP contribution in [0.1, 0.15) is 35.5 Å². The van der Waals surface area contributed by atoms with E-state index in [2.05, 4.69) is 29.8 Å². The molecule has 2 aromatic heterocycles. The molecule has 0 bridgehead atoms. The Morgan fingerprint density at radius 3 is 2.49 bits per heavy atom. The minimum absolute atomic E-state index is 0.0256. The van der Waals surface area contributed by atoms with Crippen LogP contribution in [0.15, 0.2) is 35.5 Å². The lowest BCUT2D eigenvalue weighted by molar-refractivity contribution is -0.137. The number of carbonyl (C=O) groups is 2. The van der Waals surface area contributed by atoms with Gasteiger partial charge in [-0.15, -0.1) is 11.3 Å². The molecule has 0 atom stereocenters. The first-order valence-electron chi connectivity index (χ1n) is 11.8. The van der Waals surface area contributed by atoms with Crippen molar-refractivity contribution in [1.82, 2.24) is 14.9 Å². The standard InChI is InChI=1S/C25H30N4O4S2/c1-4-14-33-18-8-6-17(7-9-18)24(31)29-12-10-28(11-13-29)22-20-15-19(5-2)35-23(20)27-25(26-22)34-16-21(30)32-3/h6-9,15H,4-5,10-14,16H2,1-3H3. The highest BCUT2D eigenvalue weighted by Crippen LogP contribution is 2.34. The van der Waals surface area contributed by atoms with E-state index in [1.807, 2.05) is 29.2 Å². The summed E-state index contributed by atoms with van der Waals surface area (Å²) in [6.45, 7) is 7.41. The summed E-state index contributed by atoms with van der Waals surface area (Å²) in [5, 5.41) is 1.59. The molecule has 10 heteroatoms. The molecule has 1 aliphatic rings. The van der Waals surface area contributed by atoms with Gasteiger partial charge >= 0.3 is 5.97 Å². The first kappa shape index (κ1) is 25.2. The van der Waals surface area contributed by atoms with E-state index in [0.29, 0.717) is 43.5 Å². The van der Waals surface area contributed by atoms with Crippen molar-refractivity contribution in [2.75, 3.05) is 50.5 Å². The van der Waals surface area contributed by atoms with Gasteiger partial charge in [0.25, 0.3) is 5.91 Å². The molecule has 186 valence electrons. The van der Waals surface area contributed by atoms with E-state index in [4.69, 9.17) is 14.5 Å². The number of nitrogens with zero attached hydrogens (tertiary/aromatic N) is 4. The largest absolute Gasteiger partial charge is 0.494 e. The number of ether oxygens (including phenoxy) is 2. The Morgan fingerprint density at radius 1 is 1.09 bits per heavy atom. The first-order chi connectivity index (χ1) is 17.0. The summed E-state index contributed by atoms with van der Waals surface area (Å²) in [5.74, 6) is 1.53. The Balaban J connectivity index is 1.47. The summed E-state index contributed by atoms with van der Waals surface area (Å²) in [6.07, 6.45) is 1.87. The van der Waals surface area contributed by atoms with Gasteiger partial charge in [-0.05, 0) is 43.2 Å². The number of fused-ring (bicyclic) bond motifs is 1. The quantitative estimate of drug-likeness (QED) is 0.238. The monoisotopic (exact) mass is 514 g/mol. The number of aromatic nitrogens is 2. The van der Waals surface area contributed by atoms with Crippen molar-refractivity contribution >= 4 is 51.0 Å². The number of methoxy groups -OCH3 is 1. The molecule has 0 spiro atoms. The summed E-state index contributed by atoms with van der Waals surface area (Å²) < 4.78 is 10.4. The van der Waals surface area contributed by atoms with Crippen LogP contribution >= 0.6 is 23.1 Å². The molecule has 1 aliphatic heterocycles. The third-order valence-corrected chi connectivity index (χ3v) is 7.73. The Labute approximate surface area is 213 Å². The third-order valence-electron chi connectivity index (χ3n) is 5.74. The topological polar surface area (TPSA) is 84.9 Å². The van der Waals surface area contributed by atoms with E-state index in [1.54, 1.807) is 11.3 Å². The summed E-state index contributed by atoms with van der Waals surface area (Å²) in [6, 6.07) is 9.52. The fourth-order valence-electron chi connectivity index (χ4n) is 3.82. The molecule has 1 saturated heterocycles. The number of amides is 1. The molecule has 0 aliphatic carbocycles. The van der Waals surface area contributed by atoms with E-state index in [0.717, 1.165) is 34.6 Å². The predicted octanol–water partition coefficient (Wildman–Crippen LogP) is 4.27. The minimum Gasteiger partial charge on any atom is -0.494 e. The summed E-state index contributed by atoms with van der Waals surface area (Å²) >= 11 is 2.94. The lowest BCUT2D eigenvalue weighted by Crippen LogP contribution is -2.49. The van der Waals surface area contributed by atoms with Crippen molar-refractivity contribution in [3.63, 3.8) is 0 Å². The molecule has 1 aromatic carbocycles. The number of aryl methyl sites for hydroxylation is 1. The summed E-state index contributed by atoms with van der Waals surface area (Å²) in [7, 11) is 1.38. The Hall–Kier alpha value is -2.85. The second kappa shape index (κ2) is 11.7. The summed E-state index contributed by atoms with van der Waals surface area (Å²) in [4.78, 5) is 40.4. The molecule has 3 heterocycles. The number of esters is 1. The predicted molar refractivity (Wildman–Crippen MR) is 140 cm³/mol. The van der Waals surface area contributed by atoms with Crippen LogP contribution in [0.25, 0.3) is 10.2 Å².